The zero-order valence-corrected chi connectivity index (χ0v) is 15.4. The Hall–Kier alpha value is -2.88. The van der Waals surface area contributed by atoms with Gasteiger partial charge in [0.05, 0.1) is 11.3 Å². The van der Waals surface area contributed by atoms with E-state index < -0.39 is 32.1 Å². The number of aryl methyl sites for hydroxylation is 1. The quantitative estimate of drug-likeness (QED) is 0.584. The molecule has 0 aliphatic heterocycles. The third kappa shape index (κ3) is 4.20. The summed E-state index contributed by atoms with van der Waals surface area (Å²) in [6.45, 7) is 5.03. The van der Waals surface area contributed by atoms with Crippen LogP contribution >= 0.6 is 0 Å². The number of carbonyl (C=O) groups is 1. The van der Waals surface area contributed by atoms with Crippen LogP contribution in [0, 0.1) is 6.92 Å². The van der Waals surface area contributed by atoms with Crippen molar-refractivity contribution < 1.29 is 13.2 Å². The first-order valence-electron chi connectivity index (χ1n) is 7.91. The number of benzene rings is 1. The van der Waals surface area contributed by atoms with Crippen molar-refractivity contribution in [1.82, 2.24) is 15.3 Å². The Morgan fingerprint density at radius 1 is 1.19 bits per heavy atom. The molecule has 0 bridgehead atoms. The van der Waals surface area contributed by atoms with Crippen molar-refractivity contribution in [2.45, 2.75) is 38.1 Å². The number of carbonyl (C=O) groups excluding carboxylic acids is 1. The van der Waals surface area contributed by atoms with Gasteiger partial charge in [-0.1, -0.05) is 19.1 Å². The minimum atomic E-state index is -4.33. The number of hydrogen-bond acceptors (Lipinski definition) is 5. The van der Waals surface area contributed by atoms with Crippen molar-refractivity contribution in [3.8, 4) is 0 Å². The van der Waals surface area contributed by atoms with Gasteiger partial charge in [-0.05, 0) is 32.4 Å². The molecule has 1 aromatic carbocycles. The fraction of sp³-hybridized carbons (Fsp3) is 0.312. The van der Waals surface area contributed by atoms with Crippen LogP contribution in [0.3, 0.4) is 0 Å². The van der Waals surface area contributed by atoms with Crippen LogP contribution in [0.2, 0.25) is 0 Å². The number of H-pyrrole nitrogens is 2. The van der Waals surface area contributed by atoms with Gasteiger partial charge in [0, 0.05) is 11.7 Å². The van der Waals surface area contributed by atoms with Gasteiger partial charge in [0.15, 0.2) is 4.90 Å². The standard InChI is InChI=1S/C16H20N4O5S/c1-4-9(2)17-14(21)11-7-5-6-8-12(11)20-26(24,25)13-10(3)18-16(23)19-15(13)22/h5-9,20H,4H2,1-3H3,(H,17,21)(H2,18,19,22,23)/t9-/m1/s1. The first-order chi connectivity index (χ1) is 12.2. The number of aromatic nitrogens is 2. The summed E-state index contributed by atoms with van der Waals surface area (Å²) < 4.78 is 27.5. The maximum Gasteiger partial charge on any atom is 0.325 e. The van der Waals surface area contributed by atoms with Crippen molar-refractivity contribution in [3.05, 3.63) is 56.4 Å². The van der Waals surface area contributed by atoms with Gasteiger partial charge < -0.3 is 10.3 Å². The molecule has 9 nitrogen and oxygen atoms in total. The second kappa shape index (κ2) is 7.56. The third-order valence-corrected chi connectivity index (χ3v) is 5.27. The van der Waals surface area contributed by atoms with Crippen LogP contribution in [0.5, 0.6) is 0 Å². The summed E-state index contributed by atoms with van der Waals surface area (Å²) in [5.41, 5.74) is -1.80. The van der Waals surface area contributed by atoms with Gasteiger partial charge in [0.25, 0.3) is 21.5 Å². The average Bonchev–Trinajstić information content (AvgIpc) is 2.53. The molecule has 0 saturated heterocycles. The minimum Gasteiger partial charge on any atom is -0.350 e. The Morgan fingerprint density at radius 2 is 1.85 bits per heavy atom. The molecule has 10 heteroatoms. The van der Waals surface area contributed by atoms with Crippen LogP contribution in [0.4, 0.5) is 5.69 Å². The van der Waals surface area contributed by atoms with E-state index in [2.05, 4.69) is 15.0 Å². The highest BCUT2D eigenvalue weighted by Crippen LogP contribution is 2.19. The SMILES string of the molecule is CC[C@@H](C)NC(=O)c1ccccc1NS(=O)(=O)c1c(C)[nH]c(=O)[nH]c1=O. The van der Waals surface area contributed by atoms with E-state index in [0.29, 0.717) is 6.42 Å². The molecular formula is C16H20N4O5S. The van der Waals surface area contributed by atoms with Crippen molar-refractivity contribution in [1.29, 1.82) is 0 Å². The predicted octanol–water partition coefficient (Wildman–Crippen LogP) is 0.701. The molecule has 0 aliphatic carbocycles. The van der Waals surface area contributed by atoms with Gasteiger partial charge >= 0.3 is 5.69 Å². The van der Waals surface area contributed by atoms with Gasteiger partial charge in [-0.25, -0.2) is 13.2 Å². The molecular weight excluding hydrogens is 360 g/mol. The summed E-state index contributed by atoms with van der Waals surface area (Å²) >= 11 is 0. The van der Waals surface area contributed by atoms with Crippen LogP contribution in [-0.4, -0.2) is 30.3 Å². The Labute approximate surface area is 149 Å². The number of amides is 1. The first-order valence-corrected chi connectivity index (χ1v) is 9.40. The highest BCUT2D eigenvalue weighted by Gasteiger charge is 2.24. The fourth-order valence-electron chi connectivity index (χ4n) is 2.28. The fourth-order valence-corrected chi connectivity index (χ4v) is 3.60. The largest absolute Gasteiger partial charge is 0.350 e. The van der Waals surface area contributed by atoms with Crippen LogP contribution in [0.1, 0.15) is 36.3 Å². The molecule has 0 fully saturated rings. The second-order valence-electron chi connectivity index (χ2n) is 5.80. The van der Waals surface area contributed by atoms with Gasteiger partial charge in [0.2, 0.25) is 0 Å². The van der Waals surface area contributed by atoms with E-state index in [1.807, 2.05) is 18.8 Å². The second-order valence-corrected chi connectivity index (χ2v) is 7.42. The summed E-state index contributed by atoms with van der Waals surface area (Å²) in [6, 6.07) is 5.96. The molecule has 0 radical (unpaired) electrons. The summed E-state index contributed by atoms with van der Waals surface area (Å²) in [4.78, 5) is 39.0. The lowest BCUT2D eigenvalue weighted by atomic mass is 10.1. The van der Waals surface area contributed by atoms with E-state index in [0.717, 1.165) is 0 Å². The number of nitrogens with one attached hydrogen (secondary N) is 4. The maximum atomic E-state index is 12.6. The Balaban J connectivity index is 2.45. The number of sulfonamides is 1. The highest BCUT2D eigenvalue weighted by atomic mass is 32.2. The van der Waals surface area contributed by atoms with Gasteiger partial charge in [-0.15, -0.1) is 0 Å². The summed E-state index contributed by atoms with van der Waals surface area (Å²) in [7, 11) is -4.33. The maximum absolute atomic E-state index is 12.6. The van der Waals surface area contributed by atoms with E-state index in [9.17, 15) is 22.8 Å². The normalized spacial score (nSPS) is 12.4. The molecule has 1 heterocycles. The number of para-hydroxylation sites is 1. The summed E-state index contributed by atoms with van der Waals surface area (Å²) in [6.07, 6.45) is 0.714. The van der Waals surface area contributed by atoms with Gasteiger partial charge in [-0.2, -0.15) is 0 Å². The number of rotatable bonds is 6. The van der Waals surface area contributed by atoms with Crippen LogP contribution in [-0.2, 0) is 10.0 Å². The zero-order chi connectivity index (χ0) is 19.5. The molecule has 1 atom stereocenters. The molecule has 26 heavy (non-hydrogen) atoms. The van der Waals surface area contributed by atoms with Crippen LogP contribution in [0.25, 0.3) is 0 Å². The average molecular weight is 380 g/mol. The first kappa shape index (κ1) is 19.4. The van der Waals surface area contributed by atoms with E-state index in [-0.39, 0.29) is 23.0 Å². The van der Waals surface area contributed by atoms with Gasteiger partial charge in [0.1, 0.15) is 0 Å². The highest BCUT2D eigenvalue weighted by molar-refractivity contribution is 7.92. The molecule has 0 aliphatic rings. The Bertz CT molecular complexity index is 1040. The lowest BCUT2D eigenvalue weighted by Crippen LogP contribution is -2.34. The van der Waals surface area contributed by atoms with Crippen LogP contribution < -0.4 is 21.3 Å². The summed E-state index contributed by atoms with van der Waals surface area (Å²) in [5.74, 6) is -0.440. The molecule has 0 unspecified atom stereocenters. The monoisotopic (exact) mass is 380 g/mol. The smallest absolute Gasteiger partial charge is 0.325 e. The molecule has 2 rings (SSSR count). The van der Waals surface area contributed by atoms with E-state index in [4.69, 9.17) is 0 Å². The van der Waals surface area contributed by atoms with Crippen molar-refractivity contribution in [2.24, 2.45) is 0 Å². The molecule has 2 aromatic rings. The Morgan fingerprint density at radius 3 is 2.46 bits per heavy atom. The van der Waals surface area contributed by atoms with E-state index >= 15 is 0 Å². The Kier molecular flexibility index (Phi) is 5.66. The molecule has 4 N–H and O–H groups in total. The molecule has 0 spiro atoms. The van der Waals surface area contributed by atoms with Crippen molar-refractivity contribution in [2.75, 3.05) is 4.72 Å². The van der Waals surface area contributed by atoms with Gasteiger partial charge in [-0.3, -0.25) is 19.3 Å². The van der Waals surface area contributed by atoms with Crippen LogP contribution in [0.15, 0.2) is 38.8 Å². The predicted molar refractivity (Wildman–Crippen MR) is 96.9 cm³/mol. The zero-order valence-electron chi connectivity index (χ0n) is 14.5. The topological polar surface area (TPSA) is 141 Å². The molecule has 140 valence electrons. The van der Waals surface area contributed by atoms with Crippen molar-refractivity contribution in [3.63, 3.8) is 0 Å². The lowest BCUT2D eigenvalue weighted by Gasteiger charge is -2.15. The molecule has 0 saturated carbocycles. The summed E-state index contributed by atoms with van der Waals surface area (Å²) in [5, 5.41) is 2.75. The number of hydrogen-bond donors (Lipinski definition) is 4. The number of anilines is 1. The minimum absolute atomic E-state index is 0.0262. The van der Waals surface area contributed by atoms with E-state index in [1.165, 1.54) is 19.1 Å². The third-order valence-electron chi connectivity index (χ3n) is 3.75. The van der Waals surface area contributed by atoms with Crippen molar-refractivity contribution >= 4 is 21.6 Å². The van der Waals surface area contributed by atoms with E-state index in [1.54, 1.807) is 12.1 Å². The number of aromatic amines is 2. The molecule has 1 aromatic heterocycles. The molecule has 1 amide bonds. The lowest BCUT2D eigenvalue weighted by molar-refractivity contribution is 0.0940.